The molecule has 0 saturated heterocycles. The highest BCUT2D eigenvalue weighted by Crippen LogP contribution is 1.83. The molecule has 3 heteroatoms. The van der Waals surface area contributed by atoms with Crippen molar-refractivity contribution in [1.29, 1.82) is 0 Å². The van der Waals surface area contributed by atoms with Crippen LogP contribution in [0, 0.1) is 5.21 Å². The summed E-state index contributed by atoms with van der Waals surface area (Å²) < 4.78 is 0. The molecule has 0 fully saturated rings. The summed E-state index contributed by atoms with van der Waals surface area (Å²) in [6.45, 7) is 6.59. The van der Waals surface area contributed by atoms with E-state index >= 15 is 0 Å². The Bertz CT molecular complexity index is 108. The summed E-state index contributed by atoms with van der Waals surface area (Å²) >= 11 is 0. The summed E-state index contributed by atoms with van der Waals surface area (Å²) in [5.74, 6) is 0. The predicted molar refractivity (Wildman–Crippen MR) is 40.3 cm³/mol. The fraction of sp³-hybridized carbons (Fsp3) is 0.714. The minimum Gasteiger partial charge on any atom is -0.600 e. The monoisotopic (exact) mass is 145 g/mol. The number of allylic oxidation sites excluding steroid dienone is 1. The van der Waals surface area contributed by atoms with E-state index in [1.54, 1.807) is 6.92 Å². The van der Waals surface area contributed by atoms with Crippen molar-refractivity contribution in [1.82, 2.24) is 0 Å². The number of hydrogen-bond donors (Lipinski definition) is 1. The average molecular weight is 145 g/mol. The van der Waals surface area contributed by atoms with Crippen LogP contribution in [-0.2, 0) is 4.84 Å². The molecule has 0 rings (SSSR count). The van der Waals surface area contributed by atoms with E-state index in [0.717, 1.165) is 5.57 Å². The molecule has 0 radical (unpaired) electrons. The molecule has 0 bridgehead atoms. The van der Waals surface area contributed by atoms with E-state index in [0.29, 0.717) is 13.2 Å². The summed E-state index contributed by atoms with van der Waals surface area (Å²) in [6.07, 6.45) is 1.86. The van der Waals surface area contributed by atoms with Crippen molar-refractivity contribution in [2.75, 3.05) is 13.2 Å². The van der Waals surface area contributed by atoms with E-state index < -0.39 is 0 Å². The summed E-state index contributed by atoms with van der Waals surface area (Å²) in [5, 5.41) is 10.5. The Morgan fingerprint density at radius 3 is 2.60 bits per heavy atom. The van der Waals surface area contributed by atoms with E-state index in [1.807, 2.05) is 19.9 Å². The van der Waals surface area contributed by atoms with Gasteiger partial charge in [0.15, 0.2) is 0 Å². The van der Waals surface area contributed by atoms with Gasteiger partial charge in [-0.2, -0.15) is 0 Å². The van der Waals surface area contributed by atoms with Crippen molar-refractivity contribution < 1.29 is 10.1 Å². The Hall–Kier alpha value is -0.380. The van der Waals surface area contributed by atoms with Gasteiger partial charge in [0.2, 0.25) is 0 Å². The predicted octanol–water partition coefficient (Wildman–Crippen LogP) is 0.287. The third-order valence-corrected chi connectivity index (χ3v) is 0.982. The fourth-order valence-electron chi connectivity index (χ4n) is 0.507. The molecule has 1 atom stereocenters. The van der Waals surface area contributed by atoms with E-state index in [9.17, 15) is 5.21 Å². The van der Waals surface area contributed by atoms with Gasteiger partial charge in [0.05, 0.1) is 0 Å². The number of rotatable bonds is 4. The third-order valence-electron chi connectivity index (χ3n) is 0.982. The van der Waals surface area contributed by atoms with Crippen LogP contribution >= 0.6 is 0 Å². The van der Waals surface area contributed by atoms with Gasteiger partial charge in [-0.25, -0.2) is 10.1 Å². The van der Waals surface area contributed by atoms with E-state index in [1.165, 1.54) is 0 Å². The van der Waals surface area contributed by atoms with Gasteiger partial charge in [-0.1, -0.05) is 5.57 Å². The zero-order chi connectivity index (χ0) is 7.98. The molecule has 10 heavy (non-hydrogen) atoms. The van der Waals surface area contributed by atoms with Crippen molar-refractivity contribution in [3.05, 3.63) is 16.9 Å². The lowest BCUT2D eigenvalue weighted by atomic mass is 10.3. The van der Waals surface area contributed by atoms with Crippen LogP contribution in [0.1, 0.15) is 20.8 Å². The highest BCUT2D eigenvalue weighted by atomic mass is 16.9. The summed E-state index contributed by atoms with van der Waals surface area (Å²) in [6, 6.07) is 0. The van der Waals surface area contributed by atoms with Crippen LogP contribution in [0.4, 0.5) is 0 Å². The SMILES string of the molecule is CCO[NH+]([O-])CC=C(C)C. The summed E-state index contributed by atoms with van der Waals surface area (Å²) in [7, 11) is 0. The van der Waals surface area contributed by atoms with Crippen molar-refractivity contribution in [3.8, 4) is 0 Å². The van der Waals surface area contributed by atoms with Crippen LogP contribution in [0.2, 0.25) is 0 Å². The van der Waals surface area contributed by atoms with E-state index in [-0.39, 0.29) is 5.23 Å². The quantitative estimate of drug-likeness (QED) is 0.456. The van der Waals surface area contributed by atoms with Crippen LogP contribution in [0.25, 0.3) is 0 Å². The molecule has 0 heterocycles. The lowest BCUT2D eigenvalue weighted by Crippen LogP contribution is -3.06. The molecule has 0 aromatic rings. The Labute approximate surface area is 61.8 Å². The van der Waals surface area contributed by atoms with Crippen LogP contribution in [0.5, 0.6) is 0 Å². The first-order valence-electron chi connectivity index (χ1n) is 3.45. The van der Waals surface area contributed by atoms with Crippen LogP contribution in [0.3, 0.4) is 0 Å². The number of hydroxylamine groups is 2. The first-order valence-corrected chi connectivity index (χ1v) is 3.45. The van der Waals surface area contributed by atoms with Gasteiger partial charge in [0, 0.05) is 0 Å². The number of hydrogen-bond acceptors (Lipinski definition) is 2. The molecule has 1 N–H and O–H groups in total. The molecule has 3 nitrogen and oxygen atoms in total. The minimum absolute atomic E-state index is 0.149. The maximum Gasteiger partial charge on any atom is 0.126 e. The molecule has 0 aliphatic rings. The van der Waals surface area contributed by atoms with Crippen LogP contribution in [-0.4, -0.2) is 13.2 Å². The molecule has 0 aromatic heterocycles. The Balaban J connectivity index is 3.38. The molecule has 0 aliphatic heterocycles. The number of nitrogens with one attached hydrogen (secondary N) is 1. The highest BCUT2D eigenvalue weighted by molar-refractivity contribution is 4.92. The largest absolute Gasteiger partial charge is 0.600 e. The maximum atomic E-state index is 10.7. The Kier molecular flexibility index (Phi) is 5.20. The zero-order valence-corrected chi connectivity index (χ0v) is 6.81. The Morgan fingerprint density at radius 2 is 2.20 bits per heavy atom. The second-order valence-corrected chi connectivity index (χ2v) is 2.29. The molecule has 0 aliphatic carbocycles. The summed E-state index contributed by atoms with van der Waals surface area (Å²) in [4.78, 5) is 4.71. The number of quaternary nitrogens is 1. The molecule has 0 aromatic carbocycles. The van der Waals surface area contributed by atoms with Crippen molar-refractivity contribution >= 4 is 0 Å². The minimum atomic E-state index is -0.149. The molecule has 1 unspecified atom stereocenters. The molecule has 0 saturated carbocycles. The van der Waals surface area contributed by atoms with Gasteiger partial charge in [0.25, 0.3) is 0 Å². The van der Waals surface area contributed by atoms with Gasteiger partial charge >= 0.3 is 0 Å². The second kappa shape index (κ2) is 5.41. The fourth-order valence-corrected chi connectivity index (χ4v) is 0.507. The second-order valence-electron chi connectivity index (χ2n) is 2.29. The molecule has 0 amide bonds. The zero-order valence-electron chi connectivity index (χ0n) is 6.81. The normalized spacial score (nSPS) is 12.8. The van der Waals surface area contributed by atoms with Gasteiger partial charge in [-0.05, 0) is 26.8 Å². The Morgan fingerprint density at radius 1 is 1.60 bits per heavy atom. The van der Waals surface area contributed by atoms with Crippen molar-refractivity contribution in [3.63, 3.8) is 0 Å². The topological polar surface area (TPSA) is 36.7 Å². The van der Waals surface area contributed by atoms with E-state index in [2.05, 4.69) is 0 Å². The molecular formula is C7H15NO2. The van der Waals surface area contributed by atoms with Gasteiger partial charge < -0.3 is 5.21 Å². The lowest BCUT2D eigenvalue weighted by Gasteiger charge is -2.16. The van der Waals surface area contributed by atoms with Gasteiger partial charge in [0.1, 0.15) is 13.2 Å². The molecule has 60 valence electrons. The van der Waals surface area contributed by atoms with Gasteiger partial charge in [-0.3, -0.25) is 0 Å². The summed E-state index contributed by atoms with van der Waals surface area (Å²) in [5.41, 5.74) is 1.15. The smallest absolute Gasteiger partial charge is 0.126 e. The van der Waals surface area contributed by atoms with E-state index in [4.69, 9.17) is 4.84 Å². The van der Waals surface area contributed by atoms with Crippen molar-refractivity contribution in [2.24, 2.45) is 0 Å². The third kappa shape index (κ3) is 5.75. The van der Waals surface area contributed by atoms with Crippen LogP contribution < -0.4 is 5.23 Å². The lowest BCUT2D eigenvalue weighted by molar-refractivity contribution is -1.05. The standard InChI is InChI=1S/C7H15NO2/c1-4-10-8(9)6-5-7(2)3/h5,8H,4,6H2,1-3H3. The van der Waals surface area contributed by atoms with Crippen LogP contribution in [0.15, 0.2) is 11.6 Å². The van der Waals surface area contributed by atoms with Crippen molar-refractivity contribution in [2.45, 2.75) is 20.8 Å². The molecular weight excluding hydrogens is 130 g/mol. The average Bonchev–Trinajstić information content (AvgIpc) is 1.85. The first-order chi connectivity index (χ1) is 4.66. The molecule has 0 spiro atoms. The van der Waals surface area contributed by atoms with Gasteiger partial charge in [-0.15, -0.1) is 0 Å². The first kappa shape index (κ1) is 9.62. The maximum absolute atomic E-state index is 10.7. The highest BCUT2D eigenvalue weighted by Gasteiger charge is 1.90.